The van der Waals surface area contributed by atoms with Crippen molar-refractivity contribution in [3.63, 3.8) is 0 Å². The van der Waals surface area contributed by atoms with Gasteiger partial charge < -0.3 is 10.2 Å². The van der Waals surface area contributed by atoms with Gasteiger partial charge in [-0.2, -0.15) is 5.10 Å². The molecule has 1 N–H and O–H groups in total. The highest BCUT2D eigenvalue weighted by molar-refractivity contribution is 14.0. The summed E-state index contributed by atoms with van der Waals surface area (Å²) in [6, 6.07) is 7.90. The summed E-state index contributed by atoms with van der Waals surface area (Å²) in [5.74, 6) is 0.870. The van der Waals surface area contributed by atoms with Crippen LogP contribution in [0.15, 0.2) is 29.3 Å². The van der Waals surface area contributed by atoms with E-state index in [1.807, 2.05) is 37.0 Å². The number of benzene rings is 1. The third-order valence-electron chi connectivity index (χ3n) is 4.20. The maximum Gasteiger partial charge on any atom is 0.193 e. The number of aromatic nitrogens is 2. The van der Waals surface area contributed by atoms with Gasteiger partial charge >= 0.3 is 0 Å². The lowest BCUT2D eigenvalue weighted by Gasteiger charge is -2.22. The molecule has 25 heavy (non-hydrogen) atoms. The summed E-state index contributed by atoms with van der Waals surface area (Å²) < 4.78 is 1.94. The van der Waals surface area contributed by atoms with Crippen LogP contribution in [-0.2, 0) is 20.0 Å². The second-order valence-electron chi connectivity index (χ2n) is 5.98. The molecule has 2 rings (SSSR count). The molecule has 0 aliphatic rings. The van der Waals surface area contributed by atoms with E-state index in [4.69, 9.17) is 11.6 Å². The lowest BCUT2D eigenvalue weighted by atomic mass is 10.1. The van der Waals surface area contributed by atoms with Gasteiger partial charge in [0.1, 0.15) is 0 Å². The number of hydrogen-bond acceptors (Lipinski definition) is 2. The normalized spacial score (nSPS) is 11.2. The maximum absolute atomic E-state index is 6.05. The van der Waals surface area contributed by atoms with Gasteiger partial charge in [0, 0.05) is 44.9 Å². The summed E-state index contributed by atoms with van der Waals surface area (Å²) in [5.41, 5.74) is 4.78. The molecule has 0 aliphatic heterocycles. The van der Waals surface area contributed by atoms with E-state index < -0.39 is 0 Å². The number of halogens is 2. The highest BCUT2D eigenvalue weighted by Crippen LogP contribution is 2.13. The van der Waals surface area contributed by atoms with E-state index in [9.17, 15) is 0 Å². The predicted octanol–water partition coefficient (Wildman–Crippen LogP) is 3.56. The molecule has 1 aromatic carbocycles. The lowest BCUT2D eigenvalue weighted by molar-refractivity contribution is 0.477. The van der Waals surface area contributed by atoms with Crippen molar-refractivity contribution < 1.29 is 0 Å². The van der Waals surface area contributed by atoms with Crippen molar-refractivity contribution in [1.82, 2.24) is 20.0 Å². The fourth-order valence-electron chi connectivity index (χ4n) is 2.85. The molecule has 7 heteroatoms. The number of nitrogens with zero attached hydrogens (tertiary/aromatic N) is 4. The van der Waals surface area contributed by atoms with Gasteiger partial charge in [0.05, 0.1) is 5.69 Å². The molecule has 0 amide bonds. The number of hydrogen-bond donors (Lipinski definition) is 1. The van der Waals surface area contributed by atoms with Gasteiger partial charge in [0.2, 0.25) is 0 Å². The topological polar surface area (TPSA) is 45.5 Å². The zero-order valence-corrected chi connectivity index (χ0v) is 18.6. The molecule has 0 atom stereocenters. The van der Waals surface area contributed by atoms with Crippen LogP contribution in [0, 0.1) is 13.8 Å². The van der Waals surface area contributed by atoms with E-state index in [0.29, 0.717) is 0 Å². The van der Waals surface area contributed by atoms with E-state index in [1.165, 1.54) is 11.3 Å². The Labute approximate surface area is 172 Å². The number of rotatable bonds is 5. The smallest absolute Gasteiger partial charge is 0.193 e. The second-order valence-corrected chi connectivity index (χ2v) is 6.42. The molecule has 1 heterocycles. The van der Waals surface area contributed by atoms with E-state index in [-0.39, 0.29) is 24.0 Å². The van der Waals surface area contributed by atoms with Crippen molar-refractivity contribution in [1.29, 1.82) is 0 Å². The first-order chi connectivity index (χ1) is 11.4. The molecule has 5 nitrogen and oxygen atoms in total. The molecule has 0 saturated carbocycles. The third-order valence-corrected chi connectivity index (χ3v) is 4.43. The van der Waals surface area contributed by atoms with E-state index in [1.54, 1.807) is 7.05 Å². The summed E-state index contributed by atoms with van der Waals surface area (Å²) in [5, 5.41) is 8.64. The number of guanidine groups is 1. The van der Waals surface area contributed by atoms with Gasteiger partial charge in [-0.1, -0.05) is 23.7 Å². The summed E-state index contributed by atoms with van der Waals surface area (Å²) in [6.07, 6.45) is 0.926. The molecule has 0 aliphatic carbocycles. The predicted molar refractivity (Wildman–Crippen MR) is 116 cm³/mol. The summed E-state index contributed by atoms with van der Waals surface area (Å²) >= 11 is 6.05. The Kier molecular flexibility index (Phi) is 8.71. The second kappa shape index (κ2) is 10.0. The fourth-order valence-corrected chi connectivity index (χ4v) is 3.06. The van der Waals surface area contributed by atoms with Crippen molar-refractivity contribution in [3.8, 4) is 0 Å². The molecular weight excluding hydrogens is 449 g/mol. The minimum Gasteiger partial charge on any atom is -0.356 e. The number of aliphatic imine (C=N–C) groups is 1. The highest BCUT2D eigenvalue weighted by atomic mass is 127. The van der Waals surface area contributed by atoms with Gasteiger partial charge in [-0.05, 0) is 43.5 Å². The summed E-state index contributed by atoms with van der Waals surface area (Å²) in [4.78, 5) is 6.46. The molecule has 2 aromatic rings. The lowest BCUT2D eigenvalue weighted by Crippen LogP contribution is -2.39. The Hall–Kier alpha value is -1.28. The first-order valence-corrected chi connectivity index (χ1v) is 8.45. The van der Waals surface area contributed by atoms with Gasteiger partial charge in [-0.3, -0.25) is 9.67 Å². The van der Waals surface area contributed by atoms with Crippen molar-refractivity contribution in [3.05, 3.63) is 51.8 Å². The standard InChI is InChI=1S/C18H26ClN5.HI/c1-13-17(14(2)24(5)22-13)9-10-21-18(20-3)23(4)12-15-7-6-8-16(19)11-15;/h6-8,11H,9-10,12H2,1-5H3,(H,20,21);1H. The average Bonchev–Trinajstić information content (AvgIpc) is 2.77. The third kappa shape index (κ3) is 5.88. The van der Waals surface area contributed by atoms with Crippen LogP contribution >= 0.6 is 35.6 Å². The van der Waals surface area contributed by atoms with Crippen molar-refractivity contribution in [2.75, 3.05) is 20.6 Å². The van der Waals surface area contributed by atoms with Crippen LogP contribution in [-0.4, -0.2) is 41.3 Å². The Morgan fingerprint density at radius 2 is 2.08 bits per heavy atom. The highest BCUT2D eigenvalue weighted by Gasteiger charge is 2.11. The van der Waals surface area contributed by atoms with Crippen molar-refractivity contribution in [2.45, 2.75) is 26.8 Å². The monoisotopic (exact) mass is 475 g/mol. The summed E-state index contributed by atoms with van der Waals surface area (Å²) in [6.45, 7) is 5.74. The zero-order chi connectivity index (χ0) is 17.7. The van der Waals surface area contributed by atoms with Crippen LogP contribution in [0.1, 0.15) is 22.5 Å². The molecular formula is C18H27ClIN5. The van der Waals surface area contributed by atoms with Gasteiger partial charge in [-0.15, -0.1) is 24.0 Å². The van der Waals surface area contributed by atoms with Gasteiger partial charge in [0.25, 0.3) is 0 Å². The Morgan fingerprint density at radius 3 is 2.64 bits per heavy atom. The van der Waals surface area contributed by atoms with Crippen LogP contribution in [0.5, 0.6) is 0 Å². The van der Waals surface area contributed by atoms with Crippen LogP contribution in [0.4, 0.5) is 0 Å². The van der Waals surface area contributed by atoms with Gasteiger partial charge in [-0.25, -0.2) is 0 Å². The molecule has 0 saturated heterocycles. The molecule has 0 fully saturated rings. The van der Waals surface area contributed by atoms with Gasteiger partial charge in [0.15, 0.2) is 5.96 Å². The quantitative estimate of drug-likeness (QED) is 0.409. The first kappa shape index (κ1) is 21.8. The fraction of sp³-hybridized carbons (Fsp3) is 0.444. The van der Waals surface area contributed by atoms with Crippen LogP contribution in [0.3, 0.4) is 0 Å². The Bertz CT molecular complexity index is 726. The minimum absolute atomic E-state index is 0. The average molecular weight is 476 g/mol. The Morgan fingerprint density at radius 1 is 1.36 bits per heavy atom. The van der Waals surface area contributed by atoms with Crippen LogP contribution < -0.4 is 5.32 Å². The molecule has 0 radical (unpaired) electrons. The van der Waals surface area contributed by atoms with Crippen LogP contribution in [0.2, 0.25) is 5.02 Å². The van der Waals surface area contributed by atoms with E-state index in [2.05, 4.69) is 40.2 Å². The Balaban J connectivity index is 0.00000312. The molecule has 138 valence electrons. The largest absolute Gasteiger partial charge is 0.356 e. The minimum atomic E-state index is 0. The maximum atomic E-state index is 6.05. The van der Waals surface area contributed by atoms with Crippen LogP contribution in [0.25, 0.3) is 0 Å². The molecule has 0 unspecified atom stereocenters. The molecule has 0 spiro atoms. The van der Waals surface area contributed by atoms with Crippen molar-refractivity contribution >= 4 is 41.5 Å². The zero-order valence-electron chi connectivity index (χ0n) is 15.5. The molecule has 1 aromatic heterocycles. The van der Waals surface area contributed by atoms with Crippen molar-refractivity contribution in [2.24, 2.45) is 12.0 Å². The summed E-state index contributed by atoms with van der Waals surface area (Å²) in [7, 11) is 5.81. The SMILES string of the molecule is CN=C(NCCc1c(C)nn(C)c1C)N(C)Cc1cccc(Cl)c1.I. The number of aryl methyl sites for hydroxylation is 2. The number of nitrogens with one attached hydrogen (secondary N) is 1. The molecule has 0 bridgehead atoms. The van der Waals surface area contributed by atoms with E-state index in [0.717, 1.165) is 41.7 Å². The van der Waals surface area contributed by atoms with E-state index >= 15 is 0 Å². The first-order valence-electron chi connectivity index (χ1n) is 8.07.